The molecule has 0 fully saturated rings. The number of likely N-dealkylation sites (N-methyl/N-ethyl adjacent to an activating group) is 1. The summed E-state index contributed by atoms with van der Waals surface area (Å²) in [5, 5.41) is 20.9. The van der Waals surface area contributed by atoms with Crippen molar-refractivity contribution in [1.82, 2.24) is 5.43 Å². The average Bonchev–Trinajstić information content (AvgIpc) is 2.89. The molecule has 3 rings (SSSR count). The molecule has 28 heavy (non-hydrogen) atoms. The van der Waals surface area contributed by atoms with Crippen LogP contribution in [0.1, 0.15) is 11.1 Å². The molecule has 4 N–H and O–H groups in total. The molecule has 9 nitrogen and oxygen atoms in total. The summed E-state index contributed by atoms with van der Waals surface area (Å²) in [6.07, 6.45) is 0. The Labute approximate surface area is 166 Å². The van der Waals surface area contributed by atoms with Crippen LogP contribution in [0.25, 0.3) is 0 Å². The predicted molar refractivity (Wildman–Crippen MR) is 108 cm³/mol. The first-order valence-electron chi connectivity index (χ1n) is 7.81. The first-order chi connectivity index (χ1) is 13.2. The third kappa shape index (κ3) is 3.70. The molecule has 142 valence electrons. The van der Waals surface area contributed by atoms with Crippen molar-refractivity contribution in [1.29, 1.82) is 5.26 Å². The van der Waals surface area contributed by atoms with Crippen LogP contribution in [0, 0.1) is 11.3 Å². The molecule has 0 spiro atoms. The van der Waals surface area contributed by atoms with E-state index in [1.807, 2.05) is 6.07 Å². The van der Waals surface area contributed by atoms with Crippen molar-refractivity contribution in [3.8, 4) is 6.07 Å². The highest BCUT2D eigenvalue weighted by atomic mass is 32.2. The number of nitrogens with zero attached hydrogens (tertiary/aromatic N) is 3. The lowest BCUT2D eigenvalue weighted by Crippen LogP contribution is -2.30. The van der Waals surface area contributed by atoms with Gasteiger partial charge in [-0.25, -0.2) is 13.6 Å². The smallest absolute Gasteiger partial charge is 0.279 e. The van der Waals surface area contributed by atoms with E-state index >= 15 is 0 Å². The van der Waals surface area contributed by atoms with Gasteiger partial charge in [0.1, 0.15) is 4.90 Å². The maximum atomic E-state index is 12.4. The molecule has 0 aliphatic carbocycles. The number of benzene rings is 2. The molecule has 0 saturated heterocycles. The van der Waals surface area contributed by atoms with Gasteiger partial charge in [-0.1, -0.05) is 12.1 Å². The predicted octanol–water partition coefficient (Wildman–Crippen LogP) is 0.873. The lowest BCUT2D eigenvalue weighted by Gasteiger charge is -2.11. The van der Waals surface area contributed by atoms with E-state index < -0.39 is 10.0 Å². The molecule has 11 heteroatoms. The summed E-state index contributed by atoms with van der Waals surface area (Å²) in [6, 6.07) is 12.8. The molecule has 1 heterocycles. The number of sulfonamides is 1. The molecule has 1 aliphatic rings. The monoisotopic (exact) mass is 414 g/mol. The highest BCUT2D eigenvalue weighted by molar-refractivity contribution is 7.89. The molecule has 2 aromatic rings. The van der Waals surface area contributed by atoms with E-state index in [9.17, 15) is 13.2 Å². The number of carbonyl (C=O) groups excluding carboxylic acids is 1. The normalized spacial score (nSPS) is 14.5. The number of rotatable bonds is 3. The number of fused-ring (bicyclic) bond motifs is 1. The van der Waals surface area contributed by atoms with Gasteiger partial charge in [0.25, 0.3) is 5.91 Å². The Bertz CT molecular complexity index is 1170. The standard InChI is InChI=1S/C17H14N6O3S2/c1-23-13-7-6-10(9-18)8-11(13)15(16(23)24)21-22-17(27)20-12-4-2-3-5-14(12)28(19,25)26/h2-8H,1H3,(H2,19,25,26)(H2,20,22,27). The summed E-state index contributed by atoms with van der Waals surface area (Å²) < 4.78 is 23.3. The topological polar surface area (TPSA) is 141 Å². The van der Waals surface area contributed by atoms with Crippen LogP contribution in [0.15, 0.2) is 52.5 Å². The second-order valence-corrected chi connectivity index (χ2v) is 7.71. The number of nitrogens with one attached hydrogen (secondary N) is 2. The van der Waals surface area contributed by atoms with Crippen LogP contribution in [0.4, 0.5) is 11.4 Å². The van der Waals surface area contributed by atoms with Crippen molar-refractivity contribution in [2.75, 3.05) is 17.3 Å². The molecule has 0 aromatic heterocycles. The fourth-order valence-electron chi connectivity index (χ4n) is 2.65. The first-order valence-corrected chi connectivity index (χ1v) is 9.77. The number of thiocarbonyl (C=S) groups is 1. The Balaban J connectivity index is 1.85. The summed E-state index contributed by atoms with van der Waals surface area (Å²) >= 11 is 5.13. The number of hydrogen-bond donors (Lipinski definition) is 3. The summed E-state index contributed by atoms with van der Waals surface area (Å²) in [5.74, 6) is -0.370. The Morgan fingerprint density at radius 3 is 2.68 bits per heavy atom. The van der Waals surface area contributed by atoms with Crippen LogP contribution in [-0.2, 0) is 14.8 Å². The van der Waals surface area contributed by atoms with Crippen molar-refractivity contribution in [2.45, 2.75) is 4.90 Å². The van der Waals surface area contributed by atoms with Gasteiger partial charge < -0.3 is 10.2 Å². The van der Waals surface area contributed by atoms with Crippen LogP contribution in [-0.4, -0.2) is 32.2 Å². The van der Waals surface area contributed by atoms with E-state index in [0.29, 0.717) is 16.8 Å². The molecule has 1 aliphatic heterocycles. The number of para-hydroxylation sites is 1. The van der Waals surface area contributed by atoms with Crippen molar-refractivity contribution in [2.24, 2.45) is 10.2 Å². The van der Waals surface area contributed by atoms with Gasteiger partial charge in [-0.15, -0.1) is 0 Å². The third-order valence-corrected chi connectivity index (χ3v) is 5.12. The van der Waals surface area contributed by atoms with Gasteiger partial charge in [0.2, 0.25) is 10.0 Å². The van der Waals surface area contributed by atoms with Crippen LogP contribution in [0.3, 0.4) is 0 Å². The van der Waals surface area contributed by atoms with E-state index in [0.717, 1.165) is 0 Å². The number of anilines is 2. The van der Waals surface area contributed by atoms with E-state index in [2.05, 4.69) is 15.8 Å². The molecular weight excluding hydrogens is 400 g/mol. The van der Waals surface area contributed by atoms with Crippen molar-refractivity contribution >= 4 is 50.3 Å². The third-order valence-electron chi connectivity index (χ3n) is 3.96. The maximum absolute atomic E-state index is 12.4. The lowest BCUT2D eigenvalue weighted by atomic mass is 10.1. The molecule has 0 radical (unpaired) electrons. The number of amides is 1. The van der Waals surface area contributed by atoms with Crippen molar-refractivity contribution in [3.63, 3.8) is 0 Å². The zero-order valence-corrected chi connectivity index (χ0v) is 16.1. The SMILES string of the molecule is CN1C(=O)C(=NNC(=S)Nc2ccccc2S(N)(=O)=O)c2cc(C#N)ccc21. The van der Waals surface area contributed by atoms with E-state index in [-0.39, 0.29) is 27.3 Å². The minimum absolute atomic E-state index is 0.0380. The Morgan fingerprint density at radius 2 is 2.00 bits per heavy atom. The average molecular weight is 414 g/mol. The quantitative estimate of drug-likeness (QED) is 0.500. The van der Waals surface area contributed by atoms with Gasteiger partial charge in [-0.2, -0.15) is 10.4 Å². The van der Waals surface area contributed by atoms with Crippen LogP contribution < -0.4 is 20.8 Å². The zero-order chi connectivity index (χ0) is 20.5. The van der Waals surface area contributed by atoms with Crippen LogP contribution in [0.2, 0.25) is 0 Å². The Kier molecular flexibility index (Phi) is 5.10. The van der Waals surface area contributed by atoms with Gasteiger partial charge >= 0.3 is 0 Å². The Morgan fingerprint density at radius 1 is 1.29 bits per heavy atom. The van der Waals surface area contributed by atoms with Crippen LogP contribution >= 0.6 is 12.2 Å². The molecule has 1 amide bonds. The van der Waals surface area contributed by atoms with E-state index in [1.165, 1.54) is 23.1 Å². The lowest BCUT2D eigenvalue weighted by molar-refractivity contribution is -0.111. The zero-order valence-electron chi connectivity index (χ0n) is 14.5. The first kappa shape index (κ1) is 19.4. The molecule has 0 atom stereocenters. The number of carbonyl (C=O) groups is 1. The number of hydrazone groups is 1. The number of nitriles is 1. The highest BCUT2D eigenvalue weighted by Gasteiger charge is 2.32. The van der Waals surface area contributed by atoms with E-state index in [4.69, 9.17) is 22.6 Å². The van der Waals surface area contributed by atoms with E-state index in [1.54, 1.807) is 31.3 Å². The van der Waals surface area contributed by atoms with Gasteiger partial charge in [-0.3, -0.25) is 10.2 Å². The summed E-state index contributed by atoms with van der Waals surface area (Å²) in [5.41, 5.74) is 4.27. The number of hydrogen-bond acceptors (Lipinski definition) is 6. The van der Waals surface area contributed by atoms with Gasteiger partial charge in [0.05, 0.1) is 23.0 Å². The summed E-state index contributed by atoms with van der Waals surface area (Å²) in [6.45, 7) is 0. The number of nitrogens with two attached hydrogens (primary N) is 1. The van der Waals surface area contributed by atoms with Crippen molar-refractivity contribution < 1.29 is 13.2 Å². The Hall–Kier alpha value is -3.33. The van der Waals surface area contributed by atoms with Gasteiger partial charge in [0, 0.05) is 12.6 Å². The second kappa shape index (κ2) is 7.35. The molecule has 0 unspecified atom stereocenters. The summed E-state index contributed by atoms with van der Waals surface area (Å²) in [4.78, 5) is 13.7. The largest absolute Gasteiger partial charge is 0.330 e. The van der Waals surface area contributed by atoms with Gasteiger partial charge in [0.15, 0.2) is 10.8 Å². The summed E-state index contributed by atoms with van der Waals surface area (Å²) in [7, 11) is -2.36. The minimum Gasteiger partial charge on any atom is -0.330 e. The van der Waals surface area contributed by atoms with Gasteiger partial charge in [-0.05, 0) is 42.5 Å². The van der Waals surface area contributed by atoms with Crippen LogP contribution in [0.5, 0.6) is 0 Å². The number of primary sulfonamides is 1. The molecule has 0 bridgehead atoms. The van der Waals surface area contributed by atoms with Crippen molar-refractivity contribution in [3.05, 3.63) is 53.6 Å². The fraction of sp³-hybridized carbons (Fsp3) is 0.0588. The molecular formula is C17H14N6O3S2. The fourth-order valence-corrected chi connectivity index (χ4v) is 3.50. The highest BCUT2D eigenvalue weighted by Crippen LogP contribution is 2.28. The molecule has 0 saturated carbocycles. The maximum Gasteiger partial charge on any atom is 0.279 e. The molecule has 2 aromatic carbocycles. The second-order valence-electron chi connectivity index (χ2n) is 5.78. The minimum atomic E-state index is -3.95.